The molecule has 1 aromatic heterocycles. The largest absolute Gasteiger partial charge is 0.395 e. The van der Waals surface area contributed by atoms with Gasteiger partial charge in [-0.05, 0) is 47.9 Å². The number of nitrogens with two attached hydrogens (primary N) is 1. The van der Waals surface area contributed by atoms with Gasteiger partial charge in [-0.25, -0.2) is 0 Å². The number of amidine groups is 1. The first-order valence-electron chi connectivity index (χ1n) is 9.20. The summed E-state index contributed by atoms with van der Waals surface area (Å²) in [6.45, 7) is -0.0254. The molecule has 150 valence electrons. The molecular weight excluding hydrogens is 370 g/mol. The van der Waals surface area contributed by atoms with Gasteiger partial charge in [-0.15, -0.1) is 0 Å². The lowest BCUT2D eigenvalue weighted by atomic mass is 10.1. The molecule has 0 aliphatic rings. The number of benzene rings is 2. The second kappa shape index (κ2) is 9.03. The van der Waals surface area contributed by atoms with Crippen molar-refractivity contribution >= 4 is 39.9 Å². The molecule has 0 saturated carbocycles. The molecule has 1 heterocycles. The molecular formula is C21H23N5O3. The second-order valence-electron chi connectivity index (χ2n) is 6.56. The van der Waals surface area contributed by atoms with E-state index in [1.54, 1.807) is 24.3 Å². The highest BCUT2D eigenvalue weighted by Gasteiger charge is 2.17. The summed E-state index contributed by atoms with van der Waals surface area (Å²) in [5.74, 6) is -0.584. The van der Waals surface area contributed by atoms with E-state index in [-0.39, 0.29) is 43.6 Å². The van der Waals surface area contributed by atoms with Crippen molar-refractivity contribution in [3.05, 3.63) is 60.3 Å². The summed E-state index contributed by atoms with van der Waals surface area (Å²) in [6, 6.07) is 14.1. The highest BCUT2D eigenvalue weighted by Crippen LogP contribution is 2.22. The quantitative estimate of drug-likeness (QED) is 0.296. The third-order valence-corrected chi connectivity index (χ3v) is 4.52. The van der Waals surface area contributed by atoms with Gasteiger partial charge >= 0.3 is 0 Å². The minimum atomic E-state index is -0.294. The number of nitrogens with zero attached hydrogens (tertiary/aromatic N) is 1. The first-order chi connectivity index (χ1) is 14.0. The molecule has 29 heavy (non-hydrogen) atoms. The number of aliphatic hydroxyl groups is 1. The third-order valence-electron chi connectivity index (χ3n) is 4.52. The van der Waals surface area contributed by atoms with Gasteiger partial charge in [0.15, 0.2) is 0 Å². The lowest BCUT2D eigenvalue weighted by Crippen LogP contribution is -2.34. The van der Waals surface area contributed by atoms with Gasteiger partial charge in [-0.2, -0.15) is 0 Å². The molecule has 0 saturated heterocycles. The standard InChI is InChI=1S/C21H23N5O3/c22-21(23)15-1-4-16(5-2-15)25-19(28)7-8-20(29)26(11-12-27)17-6-3-14-9-10-24-18(14)13-17/h1-6,9-10,13,24,27H,7-8,11-12H2,(H3,22,23)(H,25,28). The molecule has 0 radical (unpaired) electrons. The van der Waals surface area contributed by atoms with E-state index in [9.17, 15) is 14.7 Å². The van der Waals surface area contributed by atoms with Crippen LogP contribution < -0.4 is 16.0 Å². The molecule has 3 aromatic rings. The van der Waals surface area contributed by atoms with Crippen molar-refractivity contribution in [1.29, 1.82) is 5.41 Å². The molecule has 0 spiro atoms. The van der Waals surface area contributed by atoms with Crippen molar-refractivity contribution in [3.8, 4) is 0 Å². The molecule has 2 aromatic carbocycles. The van der Waals surface area contributed by atoms with Crippen LogP contribution in [0.15, 0.2) is 54.7 Å². The zero-order valence-corrected chi connectivity index (χ0v) is 15.8. The zero-order valence-electron chi connectivity index (χ0n) is 15.8. The monoisotopic (exact) mass is 393 g/mol. The number of rotatable bonds is 8. The number of anilines is 2. The molecule has 0 atom stereocenters. The number of amides is 2. The number of nitrogen functional groups attached to an aromatic ring is 1. The van der Waals surface area contributed by atoms with Crippen LogP contribution in [-0.2, 0) is 9.59 Å². The maximum Gasteiger partial charge on any atom is 0.227 e. The minimum Gasteiger partial charge on any atom is -0.395 e. The normalized spacial score (nSPS) is 10.7. The van der Waals surface area contributed by atoms with E-state index in [1.807, 2.05) is 30.5 Å². The van der Waals surface area contributed by atoms with Crippen molar-refractivity contribution in [2.24, 2.45) is 5.73 Å². The van der Waals surface area contributed by atoms with E-state index < -0.39 is 0 Å². The number of H-pyrrole nitrogens is 1. The predicted octanol–water partition coefficient (Wildman–Crippen LogP) is 2.20. The van der Waals surface area contributed by atoms with Crippen LogP contribution in [-0.4, -0.2) is 40.9 Å². The highest BCUT2D eigenvalue weighted by atomic mass is 16.3. The van der Waals surface area contributed by atoms with Crippen LogP contribution in [0.1, 0.15) is 18.4 Å². The lowest BCUT2D eigenvalue weighted by molar-refractivity contribution is -0.122. The Morgan fingerprint density at radius 3 is 2.55 bits per heavy atom. The number of fused-ring (bicyclic) bond motifs is 1. The fraction of sp³-hybridized carbons (Fsp3) is 0.190. The Bertz CT molecular complexity index is 1030. The lowest BCUT2D eigenvalue weighted by Gasteiger charge is -2.22. The van der Waals surface area contributed by atoms with Gasteiger partial charge in [-0.1, -0.05) is 6.07 Å². The van der Waals surface area contributed by atoms with Gasteiger partial charge in [0.1, 0.15) is 5.84 Å². The van der Waals surface area contributed by atoms with E-state index >= 15 is 0 Å². The number of aromatic nitrogens is 1. The van der Waals surface area contributed by atoms with Crippen LogP contribution in [0.25, 0.3) is 10.9 Å². The Balaban J connectivity index is 1.60. The predicted molar refractivity (Wildman–Crippen MR) is 113 cm³/mol. The van der Waals surface area contributed by atoms with E-state index in [4.69, 9.17) is 11.1 Å². The van der Waals surface area contributed by atoms with E-state index in [1.165, 1.54) is 4.90 Å². The number of aromatic amines is 1. The topological polar surface area (TPSA) is 135 Å². The fourth-order valence-corrected chi connectivity index (χ4v) is 3.01. The number of carbonyl (C=O) groups excluding carboxylic acids is 2. The van der Waals surface area contributed by atoms with Crippen molar-refractivity contribution in [1.82, 2.24) is 4.98 Å². The van der Waals surface area contributed by atoms with Gasteiger partial charge in [0.2, 0.25) is 11.8 Å². The summed E-state index contributed by atoms with van der Waals surface area (Å²) in [5.41, 5.74) is 8.10. The minimum absolute atomic E-state index is 0.0139. The van der Waals surface area contributed by atoms with Crippen LogP contribution in [0, 0.1) is 5.41 Å². The number of hydrogen-bond acceptors (Lipinski definition) is 4. The highest BCUT2D eigenvalue weighted by molar-refractivity contribution is 6.00. The maximum atomic E-state index is 12.7. The molecule has 6 N–H and O–H groups in total. The van der Waals surface area contributed by atoms with Crippen LogP contribution >= 0.6 is 0 Å². The zero-order chi connectivity index (χ0) is 20.8. The summed E-state index contributed by atoms with van der Waals surface area (Å²) in [6.07, 6.45) is 1.85. The van der Waals surface area contributed by atoms with Gasteiger partial charge in [0.05, 0.1) is 6.61 Å². The molecule has 8 heteroatoms. The van der Waals surface area contributed by atoms with Crippen molar-refractivity contribution in [2.75, 3.05) is 23.4 Å². The summed E-state index contributed by atoms with van der Waals surface area (Å²) in [7, 11) is 0. The van der Waals surface area contributed by atoms with E-state index in [0.29, 0.717) is 16.9 Å². The van der Waals surface area contributed by atoms with E-state index in [0.717, 1.165) is 10.9 Å². The smallest absolute Gasteiger partial charge is 0.227 e. The maximum absolute atomic E-state index is 12.7. The summed E-state index contributed by atoms with van der Waals surface area (Å²) in [5, 5.41) is 20.5. The number of hydrogen-bond donors (Lipinski definition) is 5. The van der Waals surface area contributed by atoms with Crippen LogP contribution in [0.2, 0.25) is 0 Å². The fourth-order valence-electron chi connectivity index (χ4n) is 3.01. The average molecular weight is 393 g/mol. The second-order valence-corrected chi connectivity index (χ2v) is 6.56. The summed E-state index contributed by atoms with van der Waals surface area (Å²) in [4.78, 5) is 29.4. The number of carbonyl (C=O) groups is 2. The van der Waals surface area contributed by atoms with Crippen molar-refractivity contribution in [3.63, 3.8) is 0 Å². The van der Waals surface area contributed by atoms with Gasteiger partial charge in [-0.3, -0.25) is 15.0 Å². The Labute approximate surface area is 167 Å². The number of nitrogens with one attached hydrogen (secondary N) is 3. The molecule has 8 nitrogen and oxygen atoms in total. The van der Waals surface area contributed by atoms with Crippen LogP contribution in [0.3, 0.4) is 0 Å². The summed E-state index contributed by atoms with van der Waals surface area (Å²) >= 11 is 0. The molecule has 0 aliphatic carbocycles. The van der Waals surface area contributed by atoms with Crippen molar-refractivity contribution < 1.29 is 14.7 Å². The first kappa shape index (κ1) is 20.1. The first-order valence-corrected chi connectivity index (χ1v) is 9.20. The molecule has 3 rings (SSSR count). The van der Waals surface area contributed by atoms with Crippen molar-refractivity contribution in [2.45, 2.75) is 12.8 Å². The number of aliphatic hydroxyl groups excluding tert-OH is 1. The molecule has 0 fully saturated rings. The Kier molecular flexibility index (Phi) is 6.25. The molecule has 0 unspecified atom stereocenters. The van der Waals surface area contributed by atoms with Gasteiger partial charge in [0.25, 0.3) is 0 Å². The average Bonchev–Trinajstić information content (AvgIpc) is 3.18. The van der Waals surface area contributed by atoms with E-state index in [2.05, 4.69) is 10.3 Å². The Hall–Kier alpha value is -3.65. The van der Waals surface area contributed by atoms with Crippen LogP contribution in [0.4, 0.5) is 11.4 Å². The third kappa shape index (κ3) is 4.99. The van der Waals surface area contributed by atoms with Crippen LogP contribution in [0.5, 0.6) is 0 Å². The van der Waals surface area contributed by atoms with Gasteiger partial charge in [0, 0.05) is 48.0 Å². The Morgan fingerprint density at radius 1 is 1.10 bits per heavy atom. The molecule has 0 bridgehead atoms. The molecule has 0 aliphatic heterocycles. The Morgan fingerprint density at radius 2 is 1.86 bits per heavy atom. The summed E-state index contributed by atoms with van der Waals surface area (Å²) < 4.78 is 0. The van der Waals surface area contributed by atoms with Gasteiger partial charge < -0.3 is 26.0 Å². The molecule has 2 amide bonds. The SMILES string of the molecule is N=C(N)c1ccc(NC(=O)CCC(=O)N(CCO)c2ccc3cc[nH]c3c2)cc1.